The highest BCUT2D eigenvalue weighted by Gasteiger charge is 2.45. The van der Waals surface area contributed by atoms with Gasteiger partial charge in [-0.05, 0) is 25.7 Å². The van der Waals surface area contributed by atoms with E-state index in [2.05, 4.69) is 5.32 Å². The summed E-state index contributed by atoms with van der Waals surface area (Å²) in [5, 5.41) is 20.9. The van der Waals surface area contributed by atoms with Crippen molar-refractivity contribution in [2.24, 2.45) is 0 Å². The van der Waals surface area contributed by atoms with E-state index in [-0.39, 0.29) is 31.7 Å². The van der Waals surface area contributed by atoms with Crippen molar-refractivity contribution in [1.82, 2.24) is 10.2 Å². The van der Waals surface area contributed by atoms with E-state index in [0.717, 1.165) is 19.3 Å². The van der Waals surface area contributed by atoms with Crippen molar-refractivity contribution in [2.75, 3.05) is 26.4 Å². The molecule has 7 heteroatoms. The number of hydrogen-bond acceptors (Lipinski definition) is 4. The molecular formula is C13H22N2O5. The van der Waals surface area contributed by atoms with Gasteiger partial charge in [0.25, 0.3) is 0 Å². The summed E-state index contributed by atoms with van der Waals surface area (Å²) < 4.78 is 5.13. The van der Waals surface area contributed by atoms with Gasteiger partial charge in [-0.1, -0.05) is 0 Å². The third-order valence-corrected chi connectivity index (χ3v) is 4.11. The van der Waals surface area contributed by atoms with Crippen molar-refractivity contribution in [1.29, 1.82) is 0 Å². The zero-order valence-corrected chi connectivity index (χ0v) is 11.5. The van der Waals surface area contributed by atoms with Gasteiger partial charge in [0.2, 0.25) is 0 Å². The molecule has 1 unspecified atom stereocenters. The SMILES string of the molecule is O=C(NC1(C(=O)O)CCOC1)N(CCCO)C1CCC1. The number of hydrogen-bond donors (Lipinski definition) is 3. The van der Waals surface area contributed by atoms with E-state index in [9.17, 15) is 14.7 Å². The van der Waals surface area contributed by atoms with Crippen LogP contribution in [0.1, 0.15) is 32.1 Å². The number of carbonyl (C=O) groups excluding carboxylic acids is 1. The van der Waals surface area contributed by atoms with E-state index < -0.39 is 11.5 Å². The molecule has 1 heterocycles. The standard InChI is InChI=1S/C13H22N2O5/c16-7-2-6-15(10-3-1-4-10)12(19)14-13(11(17)18)5-8-20-9-13/h10,16H,1-9H2,(H,14,19)(H,17,18). The number of nitrogens with zero attached hydrogens (tertiary/aromatic N) is 1. The molecule has 1 saturated heterocycles. The molecule has 3 N–H and O–H groups in total. The van der Waals surface area contributed by atoms with E-state index in [1.54, 1.807) is 4.90 Å². The third kappa shape index (κ3) is 3.04. The Bertz CT molecular complexity index is 364. The largest absolute Gasteiger partial charge is 0.479 e. The van der Waals surface area contributed by atoms with Gasteiger partial charge in [-0.15, -0.1) is 0 Å². The number of aliphatic hydroxyl groups is 1. The second-order valence-corrected chi connectivity index (χ2v) is 5.48. The molecule has 1 aliphatic heterocycles. The Morgan fingerprint density at radius 3 is 2.60 bits per heavy atom. The molecule has 2 amide bonds. The summed E-state index contributed by atoms with van der Waals surface area (Å²) in [7, 11) is 0. The van der Waals surface area contributed by atoms with Gasteiger partial charge in [-0.25, -0.2) is 9.59 Å². The van der Waals surface area contributed by atoms with Crippen molar-refractivity contribution < 1.29 is 24.5 Å². The molecule has 2 fully saturated rings. The van der Waals surface area contributed by atoms with E-state index in [1.165, 1.54) is 0 Å². The first-order valence-corrected chi connectivity index (χ1v) is 7.10. The minimum Gasteiger partial charge on any atom is -0.479 e. The van der Waals surface area contributed by atoms with Gasteiger partial charge in [0.1, 0.15) is 0 Å². The van der Waals surface area contributed by atoms with Gasteiger partial charge in [-0.2, -0.15) is 0 Å². The zero-order valence-electron chi connectivity index (χ0n) is 11.5. The quantitative estimate of drug-likeness (QED) is 0.647. The molecule has 0 spiro atoms. The predicted molar refractivity (Wildman–Crippen MR) is 70.4 cm³/mol. The smallest absolute Gasteiger partial charge is 0.332 e. The van der Waals surface area contributed by atoms with Crippen molar-refractivity contribution in [3.63, 3.8) is 0 Å². The maximum atomic E-state index is 12.4. The van der Waals surface area contributed by atoms with Gasteiger partial charge in [-0.3, -0.25) is 0 Å². The number of ether oxygens (including phenoxy) is 1. The Morgan fingerprint density at radius 1 is 1.40 bits per heavy atom. The van der Waals surface area contributed by atoms with E-state index >= 15 is 0 Å². The lowest BCUT2D eigenvalue weighted by Crippen LogP contribution is -2.60. The molecule has 2 aliphatic rings. The number of aliphatic carboxylic acids is 1. The molecule has 114 valence electrons. The molecule has 1 aliphatic carbocycles. The summed E-state index contributed by atoms with van der Waals surface area (Å²) in [6.45, 7) is 0.812. The Hall–Kier alpha value is -1.34. The third-order valence-electron chi connectivity index (χ3n) is 4.11. The highest BCUT2D eigenvalue weighted by atomic mass is 16.5. The van der Waals surface area contributed by atoms with Gasteiger partial charge >= 0.3 is 12.0 Å². The topological polar surface area (TPSA) is 99.1 Å². The molecule has 1 saturated carbocycles. The number of aliphatic hydroxyl groups excluding tert-OH is 1. The normalized spacial score (nSPS) is 26.1. The van der Waals surface area contributed by atoms with Crippen LogP contribution < -0.4 is 5.32 Å². The molecule has 2 rings (SSSR count). The second-order valence-electron chi connectivity index (χ2n) is 5.48. The van der Waals surface area contributed by atoms with Gasteiger partial charge in [0.05, 0.1) is 6.61 Å². The summed E-state index contributed by atoms with van der Waals surface area (Å²) in [5.41, 5.74) is -1.31. The van der Waals surface area contributed by atoms with Crippen LogP contribution in [-0.2, 0) is 9.53 Å². The predicted octanol–water partition coefficient (Wildman–Crippen LogP) is 0.177. The van der Waals surface area contributed by atoms with Gasteiger partial charge < -0.3 is 25.2 Å². The van der Waals surface area contributed by atoms with Crippen LogP contribution in [0.2, 0.25) is 0 Å². The molecule has 1 atom stereocenters. The minimum absolute atomic E-state index is 0.00653. The number of nitrogens with one attached hydrogen (secondary N) is 1. The van der Waals surface area contributed by atoms with E-state index in [0.29, 0.717) is 19.6 Å². The lowest BCUT2D eigenvalue weighted by Gasteiger charge is -2.39. The number of carboxylic acid groups (broad SMARTS) is 1. The van der Waals surface area contributed by atoms with Crippen LogP contribution in [0.25, 0.3) is 0 Å². The molecule has 0 aromatic heterocycles. The molecule has 0 aromatic carbocycles. The Balaban J connectivity index is 2.01. The molecule has 0 bridgehead atoms. The summed E-state index contributed by atoms with van der Waals surface area (Å²) >= 11 is 0. The summed E-state index contributed by atoms with van der Waals surface area (Å²) in [4.78, 5) is 25.4. The number of amides is 2. The lowest BCUT2D eigenvalue weighted by molar-refractivity contribution is -0.144. The first-order chi connectivity index (χ1) is 9.59. The highest BCUT2D eigenvalue weighted by molar-refractivity contribution is 5.87. The van der Waals surface area contributed by atoms with Crippen LogP contribution in [0.4, 0.5) is 4.79 Å². The van der Waals surface area contributed by atoms with Gasteiger partial charge in [0.15, 0.2) is 5.54 Å². The molecule has 0 radical (unpaired) electrons. The highest BCUT2D eigenvalue weighted by Crippen LogP contribution is 2.26. The second kappa shape index (κ2) is 6.41. The van der Waals surface area contributed by atoms with Crippen molar-refractivity contribution in [2.45, 2.75) is 43.7 Å². The average molecular weight is 286 g/mol. The monoisotopic (exact) mass is 286 g/mol. The van der Waals surface area contributed by atoms with Crippen LogP contribution in [0, 0.1) is 0 Å². The number of carboxylic acids is 1. The average Bonchev–Trinajstić information content (AvgIpc) is 2.81. The Labute approximate surface area is 117 Å². The fourth-order valence-electron chi connectivity index (χ4n) is 2.55. The van der Waals surface area contributed by atoms with Crippen molar-refractivity contribution in [3.8, 4) is 0 Å². The molecule has 20 heavy (non-hydrogen) atoms. The summed E-state index contributed by atoms with van der Waals surface area (Å²) in [5.74, 6) is -1.06. The van der Waals surface area contributed by atoms with Crippen LogP contribution >= 0.6 is 0 Å². The van der Waals surface area contributed by atoms with Crippen LogP contribution in [0.3, 0.4) is 0 Å². The summed E-state index contributed by atoms with van der Waals surface area (Å²) in [6.07, 6.45) is 3.75. The van der Waals surface area contributed by atoms with Crippen molar-refractivity contribution >= 4 is 12.0 Å². The maximum absolute atomic E-state index is 12.4. The van der Waals surface area contributed by atoms with Crippen LogP contribution in [0.15, 0.2) is 0 Å². The Morgan fingerprint density at radius 2 is 2.15 bits per heavy atom. The number of rotatable bonds is 6. The van der Waals surface area contributed by atoms with Crippen LogP contribution in [0.5, 0.6) is 0 Å². The lowest BCUT2D eigenvalue weighted by atomic mass is 9.91. The zero-order chi connectivity index (χ0) is 14.6. The Kier molecular flexibility index (Phi) is 4.82. The summed E-state index contributed by atoms with van der Waals surface area (Å²) in [6, 6.07) is -0.203. The van der Waals surface area contributed by atoms with Gasteiger partial charge in [0, 0.05) is 32.2 Å². The number of carbonyl (C=O) groups is 2. The molecular weight excluding hydrogens is 264 g/mol. The fourth-order valence-corrected chi connectivity index (χ4v) is 2.55. The number of urea groups is 1. The fraction of sp³-hybridized carbons (Fsp3) is 0.846. The molecule has 7 nitrogen and oxygen atoms in total. The van der Waals surface area contributed by atoms with E-state index in [1.807, 2.05) is 0 Å². The van der Waals surface area contributed by atoms with E-state index in [4.69, 9.17) is 9.84 Å². The first kappa shape index (κ1) is 15.1. The van der Waals surface area contributed by atoms with Crippen molar-refractivity contribution in [3.05, 3.63) is 0 Å². The molecule has 0 aromatic rings. The first-order valence-electron chi connectivity index (χ1n) is 7.10. The minimum atomic E-state index is -1.31. The maximum Gasteiger partial charge on any atom is 0.332 e. The van der Waals surface area contributed by atoms with Crippen LogP contribution in [-0.4, -0.2) is 65.1 Å².